The van der Waals surface area contributed by atoms with Crippen LogP contribution in [-0.4, -0.2) is 22.2 Å². The van der Waals surface area contributed by atoms with Crippen molar-refractivity contribution in [1.82, 2.24) is 0 Å². The number of ether oxygens (including phenoxy) is 1. The summed E-state index contributed by atoms with van der Waals surface area (Å²) >= 11 is 6.16. The van der Waals surface area contributed by atoms with Gasteiger partial charge in [-0.1, -0.05) is 57.3 Å². The Balaban J connectivity index is 2.21. The van der Waals surface area contributed by atoms with E-state index in [1.54, 1.807) is 42.5 Å². The molecule has 8 heteroatoms. The summed E-state index contributed by atoms with van der Waals surface area (Å²) in [4.78, 5) is 11.1. The van der Waals surface area contributed by atoms with Crippen LogP contribution in [0, 0.1) is 3.57 Å². The third kappa shape index (κ3) is 4.60. The topological polar surface area (TPSA) is 92.8 Å². The Bertz CT molecular complexity index is 719. The standard InChI is InChI=1S/C15H12I3NO4/c16-11-7-9(20)3-6-12(11)23-10-4-1-8(2-5-10)15(17,18)13(19)14(21)22/h1-7,13,20H,19H2,(H,21,22)/t13-/m0/s1. The average Bonchev–Trinajstić information content (AvgIpc) is 2.49. The van der Waals surface area contributed by atoms with E-state index in [0.717, 1.165) is 9.13 Å². The van der Waals surface area contributed by atoms with Gasteiger partial charge in [0.15, 0.2) is 0 Å². The van der Waals surface area contributed by atoms with Gasteiger partial charge in [0.1, 0.15) is 24.7 Å². The number of alkyl halides is 2. The predicted molar refractivity (Wildman–Crippen MR) is 113 cm³/mol. The largest absolute Gasteiger partial charge is 0.508 e. The lowest BCUT2D eigenvalue weighted by Crippen LogP contribution is -2.42. The Morgan fingerprint density at radius 3 is 2.30 bits per heavy atom. The van der Waals surface area contributed by atoms with E-state index in [0.29, 0.717) is 11.5 Å². The highest BCUT2D eigenvalue weighted by Gasteiger charge is 2.37. The number of phenolic OH excluding ortho intramolecular Hbond substituents is 1. The molecule has 4 N–H and O–H groups in total. The highest BCUT2D eigenvalue weighted by molar-refractivity contribution is 14.2. The molecule has 122 valence electrons. The average molecular weight is 651 g/mol. The van der Waals surface area contributed by atoms with Gasteiger partial charge in [0, 0.05) is 0 Å². The fraction of sp³-hybridized carbons (Fsp3) is 0.133. The Labute approximate surface area is 174 Å². The van der Waals surface area contributed by atoms with Crippen LogP contribution in [-0.2, 0) is 6.22 Å². The number of rotatable bonds is 5. The molecule has 0 radical (unpaired) electrons. The molecule has 0 heterocycles. The zero-order valence-corrected chi connectivity index (χ0v) is 18.0. The number of carbonyl (C=O) groups is 1. The fourth-order valence-corrected chi connectivity index (χ4v) is 3.64. The summed E-state index contributed by atoms with van der Waals surface area (Å²) in [7, 11) is 0. The van der Waals surface area contributed by atoms with Crippen molar-refractivity contribution < 1.29 is 19.7 Å². The van der Waals surface area contributed by atoms with Gasteiger partial charge in [-0.05, 0) is 58.5 Å². The molecular weight excluding hydrogens is 639 g/mol. The maximum atomic E-state index is 11.1. The molecule has 0 aliphatic heterocycles. The van der Waals surface area contributed by atoms with Crippen LogP contribution >= 0.6 is 67.8 Å². The molecule has 5 nitrogen and oxygen atoms in total. The lowest BCUT2D eigenvalue weighted by atomic mass is 10.1. The number of halogens is 3. The van der Waals surface area contributed by atoms with Crippen molar-refractivity contribution in [3.8, 4) is 17.2 Å². The Kier molecular flexibility index (Phi) is 6.35. The predicted octanol–water partition coefficient (Wildman–Crippen LogP) is 4.22. The highest BCUT2D eigenvalue weighted by atomic mass is 127. The second kappa shape index (κ2) is 7.70. The molecule has 0 aliphatic carbocycles. The summed E-state index contributed by atoms with van der Waals surface area (Å²) in [6.45, 7) is 0. The zero-order chi connectivity index (χ0) is 17.2. The number of aliphatic carboxylic acids is 1. The molecule has 0 aliphatic rings. The van der Waals surface area contributed by atoms with E-state index < -0.39 is 13.4 Å². The van der Waals surface area contributed by atoms with E-state index in [1.807, 2.05) is 45.2 Å². The molecule has 0 saturated heterocycles. The van der Waals surface area contributed by atoms with Gasteiger partial charge in [-0.3, -0.25) is 4.79 Å². The maximum absolute atomic E-state index is 11.1. The molecule has 2 rings (SSSR count). The first-order valence-electron chi connectivity index (χ1n) is 6.35. The summed E-state index contributed by atoms with van der Waals surface area (Å²) in [5, 5.41) is 18.5. The van der Waals surface area contributed by atoms with Gasteiger partial charge in [0.2, 0.25) is 0 Å². The van der Waals surface area contributed by atoms with Crippen molar-refractivity contribution in [2.75, 3.05) is 0 Å². The lowest BCUT2D eigenvalue weighted by molar-refractivity contribution is -0.138. The molecule has 23 heavy (non-hydrogen) atoms. The number of aromatic hydroxyl groups is 1. The zero-order valence-electron chi connectivity index (χ0n) is 11.5. The van der Waals surface area contributed by atoms with E-state index in [9.17, 15) is 9.90 Å². The number of hydrogen-bond acceptors (Lipinski definition) is 4. The van der Waals surface area contributed by atoms with Crippen molar-refractivity contribution in [2.24, 2.45) is 5.73 Å². The summed E-state index contributed by atoms with van der Waals surface area (Å²) in [6.07, 6.45) is 0. The van der Waals surface area contributed by atoms with Gasteiger partial charge < -0.3 is 20.7 Å². The molecule has 0 saturated carbocycles. The number of hydrogen-bond donors (Lipinski definition) is 3. The van der Waals surface area contributed by atoms with Crippen molar-refractivity contribution in [2.45, 2.75) is 7.47 Å². The molecule has 0 aromatic heterocycles. The fourth-order valence-electron chi connectivity index (χ4n) is 1.78. The SMILES string of the molecule is N[C@@H](C(=O)O)C(I)(I)c1ccc(Oc2ccc(O)cc2I)cc1. The molecule has 0 amide bonds. The molecule has 0 bridgehead atoms. The number of carboxylic acids is 1. The van der Waals surface area contributed by atoms with Crippen LogP contribution in [0.3, 0.4) is 0 Å². The number of nitrogens with two attached hydrogens (primary N) is 1. The van der Waals surface area contributed by atoms with Crippen LogP contribution in [0.5, 0.6) is 17.2 Å². The van der Waals surface area contributed by atoms with E-state index in [-0.39, 0.29) is 5.75 Å². The van der Waals surface area contributed by atoms with Crippen molar-refractivity contribution >= 4 is 73.7 Å². The molecule has 2 aromatic carbocycles. The monoisotopic (exact) mass is 651 g/mol. The Hall–Kier alpha value is -0.340. The number of benzene rings is 2. The maximum Gasteiger partial charge on any atom is 0.323 e. The quantitative estimate of drug-likeness (QED) is 0.333. The third-order valence-corrected chi connectivity index (χ3v) is 6.47. The Morgan fingerprint density at radius 2 is 1.78 bits per heavy atom. The molecule has 1 atom stereocenters. The first-order valence-corrected chi connectivity index (χ1v) is 9.58. The third-order valence-electron chi connectivity index (χ3n) is 3.04. The van der Waals surface area contributed by atoms with Crippen molar-refractivity contribution in [1.29, 1.82) is 0 Å². The van der Waals surface area contributed by atoms with Gasteiger partial charge in [-0.25, -0.2) is 0 Å². The van der Waals surface area contributed by atoms with Gasteiger partial charge in [-0.15, -0.1) is 0 Å². The molecule has 2 aromatic rings. The summed E-state index contributed by atoms with van der Waals surface area (Å²) in [5.74, 6) is 0.380. The minimum atomic E-state index is -1.05. The smallest absolute Gasteiger partial charge is 0.323 e. The van der Waals surface area contributed by atoms with Crippen LogP contribution in [0.1, 0.15) is 5.56 Å². The van der Waals surface area contributed by atoms with E-state index in [1.165, 1.54) is 0 Å². The lowest BCUT2D eigenvalue weighted by Gasteiger charge is -2.25. The normalized spacial score (nSPS) is 12.7. The minimum absolute atomic E-state index is 0.180. The molecule has 0 spiro atoms. The van der Waals surface area contributed by atoms with Crippen LogP contribution in [0.15, 0.2) is 42.5 Å². The first-order chi connectivity index (χ1) is 10.7. The summed E-state index contributed by atoms with van der Waals surface area (Å²) in [6, 6.07) is 10.9. The molecule has 0 fully saturated rings. The van der Waals surface area contributed by atoms with Gasteiger partial charge in [0.05, 0.1) is 3.57 Å². The minimum Gasteiger partial charge on any atom is -0.508 e. The van der Waals surface area contributed by atoms with E-state index >= 15 is 0 Å². The first kappa shape index (κ1) is 19.0. The number of carboxylic acid groups (broad SMARTS) is 1. The van der Waals surface area contributed by atoms with Crippen LogP contribution in [0.4, 0.5) is 0 Å². The Morgan fingerprint density at radius 1 is 1.17 bits per heavy atom. The highest BCUT2D eigenvalue weighted by Crippen LogP contribution is 2.42. The van der Waals surface area contributed by atoms with Crippen LogP contribution in [0.2, 0.25) is 0 Å². The van der Waals surface area contributed by atoms with Crippen LogP contribution < -0.4 is 10.5 Å². The van der Waals surface area contributed by atoms with Gasteiger partial charge >= 0.3 is 5.97 Å². The molecular formula is C15H12I3NO4. The second-order valence-electron chi connectivity index (χ2n) is 4.68. The number of phenols is 1. The van der Waals surface area contributed by atoms with Gasteiger partial charge in [0.25, 0.3) is 0 Å². The van der Waals surface area contributed by atoms with Crippen LogP contribution in [0.25, 0.3) is 0 Å². The van der Waals surface area contributed by atoms with Crippen molar-refractivity contribution in [3.05, 3.63) is 51.6 Å². The van der Waals surface area contributed by atoms with E-state index in [4.69, 9.17) is 15.6 Å². The van der Waals surface area contributed by atoms with Gasteiger partial charge in [-0.2, -0.15) is 0 Å². The molecule has 0 unspecified atom stereocenters. The van der Waals surface area contributed by atoms with Crippen molar-refractivity contribution in [3.63, 3.8) is 0 Å². The second-order valence-corrected chi connectivity index (χ2v) is 11.3. The summed E-state index contributed by atoms with van der Waals surface area (Å²) < 4.78 is 5.80. The van der Waals surface area contributed by atoms with E-state index in [2.05, 4.69) is 22.6 Å². The summed E-state index contributed by atoms with van der Waals surface area (Å²) in [5.41, 5.74) is 6.54.